The molecular formula is C29H38FN5O2. The summed E-state index contributed by atoms with van der Waals surface area (Å²) in [7, 11) is 1.65. The van der Waals surface area contributed by atoms with E-state index in [0.29, 0.717) is 24.7 Å². The fourth-order valence-electron chi connectivity index (χ4n) is 3.36. The molecule has 1 aromatic heterocycles. The van der Waals surface area contributed by atoms with E-state index in [4.69, 9.17) is 9.47 Å². The highest BCUT2D eigenvalue weighted by Gasteiger charge is 2.14. The molecule has 0 atom stereocenters. The van der Waals surface area contributed by atoms with Crippen molar-refractivity contribution in [3.05, 3.63) is 89.7 Å². The number of methoxy groups -OCH3 is 1. The molecule has 2 heterocycles. The summed E-state index contributed by atoms with van der Waals surface area (Å²) in [5.74, 6) is 1.73. The van der Waals surface area contributed by atoms with Crippen molar-refractivity contribution >= 4 is 17.6 Å². The Hall–Kier alpha value is -4.07. The molecule has 1 aliphatic heterocycles. The molecule has 0 fully saturated rings. The molecule has 0 radical (unpaired) electrons. The molecule has 0 spiro atoms. The van der Waals surface area contributed by atoms with E-state index in [1.807, 2.05) is 76.6 Å². The van der Waals surface area contributed by atoms with E-state index < -0.39 is 0 Å². The highest BCUT2D eigenvalue weighted by molar-refractivity contribution is 6.01. The summed E-state index contributed by atoms with van der Waals surface area (Å²) in [6.45, 7) is 12.9. The van der Waals surface area contributed by atoms with Crippen LogP contribution in [0.3, 0.4) is 0 Å². The highest BCUT2D eigenvalue weighted by atomic mass is 19.1. The Morgan fingerprint density at radius 3 is 2.49 bits per heavy atom. The Kier molecular flexibility index (Phi) is 11.9. The zero-order chi connectivity index (χ0) is 27.2. The van der Waals surface area contributed by atoms with Crippen molar-refractivity contribution in [1.82, 2.24) is 14.9 Å². The Morgan fingerprint density at radius 2 is 1.84 bits per heavy atom. The number of hydrogen-bond donors (Lipinski definition) is 2. The minimum absolute atomic E-state index is 0.270. The summed E-state index contributed by atoms with van der Waals surface area (Å²) in [6.07, 6.45) is 7.44. The van der Waals surface area contributed by atoms with Crippen molar-refractivity contribution in [2.45, 2.75) is 41.5 Å². The average molecular weight is 508 g/mol. The standard InChI is InChI=1S/C25H26FN5O2.2C2H6/c1-17(30-21-7-5-20(26)6-8-21)14-28-25-24(33-11-10-27-25)13-19-4-9-22(23(12-19)32-3)31-15-18(2)29-16-31;2*1-2/h4-9,12-16,30H,10-11H2,1-3H3,(H,27,28);2*1-2H3/b17-14-,24-13-;;. The molecule has 0 saturated carbocycles. The Labute approximate surface area is 219 Å². The van der Waals surface area contributed by atoms with Crippen molar-refractivity contribution < 1.29 is 13.9 Å². The number of amidine groups is 1. The fourth-order valence-corrected chi connectivity index (χ4v) is 3.36. The lowest BCUT2D eigenvalue weighted by atomic mass is 10.1. The lowest BCUT2D eigenvalue weighted by Crippen LogP contribution is -2.27. The highest BCUT2D eigenvalue weighted by Crippen LogP contribution is 2.26. The number of halogens is 1. The monoisotopic (exact) mass is 507 g/mol. The molecule has 1 aliphatic rings. The molecule has 7 nitrogen and oxygen atoms in total. The lowest BCUT2D eigenvalue weighted by Gasteiger charge is -2.18. The second kappa shape index (κ2) is 15.1. The van der Waals surface area contributed by atoms with Gasteiger partial charge in [-0.25, -0.2) is 9.37 Å². The molecule has 0 saturated heterocycles. The maximum atomic E-state index is 13.1. The van der Waals surface area contributed by atoms with E-state index in [0.717, 1.165) is 34.1 Å². The normalized spacial score (nSPS) is 13.8. The number of aliphatic imine (C=N–C) groups is 1. The van der Waals surface area contributed by atoms with Gasteiger partial charge in [0.2, 0.25) is 0 Å². The molecule has 37 heavy (non-hydrogen) atoms. The zero-order valence-electron chi connectivity index (χ0n) is 22.8. The van der Waals surface area contributed by atoms with Crippen LogP contribution in [0, 0.1) is 12.7 Å². The van der Waals surface area contributed by atoms with Gasteiger partial charge in [-0.15, -0.1) is 0 Å². The molecule has 198 valence electrons. The number of hydrogen-bond acceptors (Lipinski definition) is 6. The van der Waals surface area contributed by atoms with Crippen LogP contribution in [0.4, 0.5) is 10.1 Å². The first-order valence-electron chi connectivity index (χ1n) is 12.6. The van der Waals surface area contributed by atoms with Crippen LogP contribution in [0.1, 0.15) is 45.9 Å². The first-order chi connectivity index (χ1) is 18.0. The number of allylic oxidation sites excluding steroid dienone is 1. The second-order valence-corrected chi connectivity index (χ2v) is 7.54. The number of anilines is 1. The predicted molar refractivity (Wildman–Crippen MR) is 151 cm³/mol. The smallest absolute Gasteiger partial charge is 0.168 e. The quantitative estimate of drug-likeness (QED) is 0.388. The van der Waals surface area contributed by atoms with Gasteiger partial charge in [0.25, 0.3) is 0 Å². The van der Waals surface area contributed by atoms with Gasteiger partial charge in [0.05, 0.1) is 31.4 Å². The van der Waals surface area contributed by atoms with E-state index in [2.05, 4.69) is 20.6 Å². The SMILES string of the molecule is CC.CC.COc1cc(/C=C2\OCCN=C2N/C=C(/C)Nc2ccc(F)cc2)ccc1-n1cnc(C)c1. The molecular weight excluding hydrogens is 469 g/mol. The summed E-state index contributed by atoms with van der Waals surface area (Å²) in [4.78, 5) is 8.84. The fraction of sp³-hybridized carbons (Fsp3) is 0.310. The van der Waals surface area contributed by atoms with Gasteiger partial charge in [-0.2, -0.15) is 0 Å². The van der Waals surface area contributed by atoms with E-state index in [-0.39, 0.29) is 5.82 Å². The number of benzene rings is 2. The third-order valence-corrected chi connectivity index (χ3v) is 4.95. The van der Waals surface area contributed by atoms with Crippen molar-refractivity contribution in [1.29, 1.82) is 0 Å². The van der Waals surface area contributed by atoms with Crippen LogP contribution in [-0.4, -0.2) is 35.6 Å². The Bertz CT molecular complexity index is 1210. The molecule has 4 rings (SSSR count). The van der Waals surface area contributed by atoms with Gasteiger partial charge in [0.15, 0.2) is 11.6 Å². The average Bonchev–Trinajstić information content (AvgIpc) is 3.37. The number of aryl methyl sites for hydroxylation is 1. The van der Waals surface area contributed by atoms with Crippen LogP contribution >= 0.6 is 0 Å². The van der Waals surface area contributed by atoms with E-state index in [9.17, 15) is 4.39 Å². The van der Waals surface area contributed by atoms with Gasteiger partial charge in [-0.3, -0.25) is 4.99 Å². The van der Waals surface area contributed by atoms with E-state index in [1.54, 1.807) is 31.8 Å². The van der Waals surface area contributed by atoms with Gasteiger partial charge in [-0.05, 0) is 61.9 Å². The van der Waals surface area contributed by atoms with E-state index in [1.165, 1.54) is 12.1 Å². The Balaban J connectivity index is 0.00000115. The number of nitrogens with one attached hydrogen (secondary N) is 2. The minimum Gasteiger partial charge on any atom is -0.495 e. The molecule has 0 unspecified atom stereocenters. The van der Waals surface area contributed by atoms with Gasteiger partial charge in [0, 0.05) is 23.8 Å². The molecule has 8 heteroatoms. The van der Waals surface area contributed by atoms with Crippen molar-refractivity contribution in [3.63, 3.8) is 0 Å². The minimum atomic E-state index is -0.270. The topological polar surface area (TPSA) is 72.7 Å². The first-order valence-corrected chi connectivity index (χ1v) is 12.6. The third kappa shape index (κ3) is 8.52. The second-order valence-electron chi connectivity index (χ2n) is 7.54. The van der Waals surface area contributed by atoms with Gasteiger partial charge in [-0.1, -0.05) is 33.8 Å². The summed E-state index contributed by atoms with van der Waals surface area (Å²) in [6, 6.07) is 12.1. The summed E-state index contributed by atoms with van der Waals surface area (Å²) >= 11 is 0. The van der Waals surface area contributed by atoms with Crippen LogP contribution in [0.15, 0.2) is 77.6 Å². The summed E-state index contributed by atoms with van der Waals surface area (Å²) < 4.78 is 26.5. The van der Waals surface area contributed by atoms with Crippen LogP contribution in [-0.2, 0) is 4.74 Å². The Morgan fingerprint density at radius 1 is 1.11 bits per heavy atom. The first kappa shape index (κ1) is 29.2. The molecule has 2 N–H and O–H groups in total. The van der Waals surface area contributed by atoms with Crippen LogP contribution in [0.5, 0.6) is 5.75 Å². The zero-order valence-corrected chi connectivity index (χ0v) is 22.8. The largest absolute Gasteiger partial charge is 0.495 e. The number of rotatable bonds is 6. The third-order valence-electron chi connectivity index (χ3n) is 4.95. The number of aromatic nitrogens is 2. The van der Waals surface area contributed by atoms with Gasteiger partial charge >= 0.3 is 0 Å². The maximum Gasteiger partial charge on any atom is 0.168 e. The molecule has 0 bridgehead atoms. The van der Waals surface area contributed by atoms with Crippen LogP contribution < -0.4 is 15.4 Å². The van der Waals surface area contributed by atoms with Gasteiger partial charge in [0.1, 0.15) is 18.2 Å². The summed E-state index contributed by atoms with van der Waals surface area (Å²) in [5, 5.41) is 6.41. The molecule has 0 amide bonds. The van der Waals surface area contributed by atoms with Crippen molar-refractivity contribution in [2.24, 2.45) is 4.99 Å². The lowest BCUT2D eigenvalue weighted by molar-refractivity contribution is 0.233. The van der Waals surface area contributed by atoms with Crippen molar-refractivity contribution in [3.8, 4) is 11.4 Å². The van der Waals surface area contributed by atoms with Crippen LogP contribution in [0.25, 0.3) is 11.8 Å². The maximum absolute atomic E-state index is 13.1. The molecule has 2 aromatic carbocycles. The van der Waals surface area contributed by atoms with Crippen molar-refractivity contribution in [2.75, 3.05) is 25.6 Å². The summed E-state index contributed by atoms with van der Waals surface area (Å²) in [5.41, 5.74) is 4.40. The van der Waals surface area contributed by atoms with Crippen LogP contribution in [0.2, 0.25) is 0 Å². The number of imidazole rings is 1. The molecule has 0 aliphatic carbocycles. The predicted octanol–water partition coefficient (Wildman–Crippen LogP) is 6.71. The van der Waals surface area contributed by atoms with Gasteiger partial charge < -0.3 is 24.7 Å². The number of nitrogens with zero attached hydrogens (tertiary/aromatic N) is 3. The molecule has 3 aromatic rings. The van der Waals surface area contributed by atoms with E-state index >= 15 is 0 Å². The number of ether oxygens (including phenoxy) is 2.